The Morgan fingerprint density at radius 1 is 0.917 bits per heavy atom. The van der Waals surface area contributed by atoms with Crippen LogP contribution in [0.5, 0.6) is 0 Å². The molecular weight excluding hydrogens is 358 g/mol. The number of nitrogens with one attached hydrogen (secondary N) is 1. The van der Waals surface area contributed by atoms with Crippen LogP contribution < -0.4 is 5.32 Å². The van der Waals surface area contributed by atoms with Gasteiger partial charge in [0.15, 0.2) is 0 Å². The largest absolute Gasteiger partial charge is 0.377 e. The van der Waals surface area contributed by atoms with Crippen molar-refractivity contribution >= 4 is 32.4 Å². The second-order valence-electron chi connectivity index (χ2n) is 6.79. The Labute approximate surface area is 150 Å². The number of benzene rings is 3. The zero-order valence-electron chi connectivity index (χ0n) is 13.2. The standard InChI is InChI=1S/C22H18BrN/c23-20-10-4-9-19-17-7-3-8-18(17)21(24-22(19)20)16-12-11-14-5-1-2-6-15(14)13-16/h1-7,9-13,17-18,21,24H,8H2. The first-order valence-corrected chi connectivity index (χ1v) is 9.31. The normalized spacial score (nSPS) is 24.5. The van der Waals surface area contributed by atoms with Crippen molar-refractivity contribution in [2.45, 2.75) is 18.4 Å². The van der Waals surface area contributed by atoms with Crippen molar-refractivity contribution in [3.63, 3.8) is 0 Å². The lowest BCUT2D eigenvalue weighted by molar-refractivity contribution is 0.425. The minimum Gasteiger partial charge on any atom is -0.377 e. The molecule has 0 spiro atoms. The van der Waals surface area contributed by atoms with Crippen molar-refractivity contribution in [1.29, 1.82) is 0 Å². The summed E-state index contributed by atoms with van der Waals surface area (Å²) in [5, 5.41) is 6.45. The maximum atomic E-state index is 3.83. The molecule has 0 radical (unpaired) electrons. The van der Waals surface area contributed by atoms with Crippen LogP contribution in [0.4, 0.5) is 5.69 Å². The summed E-state index contributed by atoms with van der Waals surface area (Å²) in [5.74, 6) is 1.10. The highest BCUT2D eigenvalue weighted by Crippen LogP contribution is 2.51. The molecule has 3 atom stereocenters. The van der Waals surface area contributed by atoms with Gasteiger partial charge in [-0.15, -0.1) is 0 Å². The number of fused-ring (bicyclic) bond motifs is 4. The van der Waals surface area contributed by atoms with Crippen molar-refractivity contribution in [1.82, 2.24) is 0 Å². The summed E-state index contributed by atoms with van der Waals surface area (Å²) in [5.41, 5.74) is 4.05. The molecule has 1 aliphatic heterocycles. The van der Waals surface area contributed by atoms with E-state index < -0.39 is 0 Å². The number of halogens is 1. The Morgan fingerprint density at radius 3 is 2.71 bits per heavy atom. The Hall–Kier alpha value is -2.06. The van der Waals surface area contributed by atoms with Crippen LogP contribution in [0.3, 0.4) is 0 Å². The first-order valence-electron chi connectivity index (χ1n) is 8.51. The Morgan fingerprint density at radius 2 is 1.79 bits per heavy atom. The van der Waals surface area contributed by atoms with Gasteiger partial charge < -0.3 is 5.32 Å². The number of hydrogen-bond acceptors (Lipinski definition) is 1. The fourth-order valence-electron chi connectivity index (χ4n) is 4.31. The molecule has 5 rings (SSSR count). The predicted molar refractivity (Wildman–Crippen MR) is 104 cm³/mol. The molecule has 0 saturated carbocycles. The summed E-state index contributed by atoms with van der Waals surface area (Å²) in [6, 6.07) is 22.4. The number of anilines is 1. The van der Waals surface area contributed by atoms with Crippen LogP contribution in [0.15, 0.2) is 77.3 Å². The second-order valence-corrected chi connectivity index (χ2v) is 7.64. The highest BCUT2D eigenvalue weighted by Gasteiger charge is 2.38. The van der Waals surface area contributed by atoms with Crippen LogP contribution in [0, 0.1) is 5.92 Å². The summed E-state index contributed by atoms with van der Waals surface area (Å²) in [4.78, 5) is 0. The fourth-order valence-corrected chi connectivity index (χ4v) is 4.81. The summed E-state index contributed by atoms with van der Waals surface area (Å²) in [6.45, 7) is 0. The molecule has 1 N–H and O–H groups in total. The minimum atomic E-state index is 0.348. The van der Waals surface area contributed by atoms with Crippen molar-refractivity contribution in [2.75, 3.05) is 5.32 Å². The molecule has 0 aromatic heterocycles. The molecule has 1 aliphatic carbocycles. The van der Waals surface area contributed by atoms with Gasteiger partial charge in [0.05, 0.1) is 11.7 Å². The van der Waals surface area contributed by atoms with Gasteiger partial charge in [-0.05, 0) is 62.3 Å². The van der Waals surface area contributed by atoms with Gasteiger partial charge in [-0.3, -0.25) is 0 Å². The third-order valence-electron chi connectivity index (χ3n) is 5.48. The zero-order chi connectivity index (χ0) is 16.1. The van der Waals surface area contributed by atoms with Crippen molar-refractivity contribution in [3.05, 3.63) is 88.4 Å². The van der Waals surface area contributed by atoms with Crippen molar-refractivity contribution in [3.8, 4) is 0 Å². The van der Waals surface area contributed by atoms with Gasteiger partial charge in [0.2, 0.25) is 0 Å². The summed E-state index contributed by atoms with van der Waals surface area (Å²) < 4.78 is 1.16. The van der Waals surface area contributed by atoms with E-state index in [2.05, 4.69) is 94.1 Å². The van der Waals surface area contributed by atoms with Gasteiger partial charge >= 0.3 is 0 Å². The minimum absolute atomic E-state index is 0.348. The molecule has 24 heavy (non-hydrogen) atoms. The molecule has 1 nitrogen and oxygen atoms in total. The molecule has 0 bridgehead atoms. The number of allylic oxidation sites excluding steroid dienone is 2. The lowest BCUT2D eigenvalue weighted by atomic mass is 9.77. The fraction of sp³-hybridized carbons (Fsp3) is 0.182. The molecule has 3 aromatic carbocycles. The second kappa shape index (κ2) is 5.49. The lowest BCUT2D eigenvalue weighted by Gasteiger charge is -2.38. The monoisotopic (exact) mass is 375 g/mol. The SMILES string of the molecule is Brc1cccc2c1NC(c1ccc3ccccc3c1)C1CC=CC21. The molecule has 0 amide bonds. The van der Waals surface area contributed by atoms with Gasteiger partial charge in [0, 0.05) is 10.4 Å². The highest BCUT2D eigenvalue weighted by atomic mass is 79.9. The summed E-state index contributed by atoms with van der Waals surface area (Å²) in [6.07, 6.45) is 5.88. The molecule has 2 aliphatic rings. The molecule has 2 heteroatoms. The Bertz CT molecular complexity index is 959. The topological polar surface area (TPSA) is 12.0 Å². The zero-order valence-corrected chi connectivity index (χ0v) is 14.8. The molecule has 0 saturated heterocycles. The van der Waals surface area contributed by atoms with Crippen LogP contribution in [0.2, 0.25) is 0 Å². The molecule has 1 heterocycles. The van der Waals surface area contributed by atoms with Crippen molar-refractivity contribution in [2.24, 2.45) is 5.92 Å². The maximum absolute atomic E-state index is 3.83. The average Bonchev–Trinajstić information content (AvgIpc) is 3.11. The molecule has 3 unspecified atom stereocenters. The quantitative estimate of drug-likeness (QED) is 0.483. The molecular formula is C22H18BrN. The van der Waals surface area contributed by atoms with Crippen LogP contribution in [0.1, 0.15) is 29.5 Å². The summed E-state index contributed by atoms with van der Waals surface area (Å²) >= 11 is 3.73. The van der Waals surface area contributed by atoms with E-state index in [9.17, 15) is 0 Å². The third-order valence-corrected chi connectivity index (χ3v) is 6.14. The van der Waals surface area contributed by atoms with Gasteiger partial charge in [-0.25, -0.2) is 0 Å². The Kier molecular flexibility index (Phi) is 3.27. The van der Waals surface area contributed by atoms with E-state index >= 15 is 0 Å². The van der Waals surface area contributed by atoms with E-state index in [1.54, 1.807) is 0 Å². The average molecular weight is 376 g/mol. The number of rotatable bonds is 1. The molecule has 118 valence electrons. The van der Waals surface area contributed by atoms with Crippen LogP contribution >= 0.6 is 15.9 Å². The number of para-hydroxylation sites is 1. The molecule has 3 aromatic rings. The van der Waals surface area contributed by atoms with E-state index in [1.165, 1.54) is 27.6 Å². The number of hydrogen-bond donors (Lipinski definition) is 1. The van der Waals surface area contributed by atoms with E-state index in [4.69, 9.17) is 0 Å². The Balaban J connectivity index is 1.64. The highest BCUT2D eigenvalue weighted by molar-refractivity contribution is 9.10. The first-order chi connectivity index (χ1) is 11.8. The van der Waals surface area contributed by atoms with Gasteiger partial charge in [0.25, 0.3) is 0 Å². The third kappa shape index (κ3) is 2.13. The lowest BCUT2D eigenvalue weighted by Crippen LogP contribution is -2.29. The van der Waals surface area contributed by atoms with Gasteiger partial charge in [0.1, 0.15) is 0 Å². The van der Waals surface area contributed by atoms with Crippen LogP contribution in [-0.4, -0.2) is 0 Å². The maximum Gasteiger partial charge on any atom is 0.0554 e. The van der Waals surface area contributed by atoms with Crippen molar-refractivity contribution < 1.29 is 0 Å². The van der Waals surface area contributed by atoms with E-state index in [0.717, 1.165) is 10.9 Å². The van der Waals surface area contributed by atoms with Gasteiger partial charge in [-0.2, -0.15) is 0 Å². The molecule has 0 fully saturated rings. The smallest absolute Gasteiger partial charge is 0.0554 e. The van der Waals surface area contributed by atoms with E-state index in [1.807, 2.05) is 0 Å². The van der Waals surface area contributed by atoms with E-state index in [-0.39, 0.29) is 0 Å². The van der Waals surface area contributed by atoms with Crippen LogP contribution in [0.25, 0.3) is 10.8 Å². The predicted octanol–water partition coefficient (Wildman–Crippen LogP) is 6.43. The first kappa shape index (κ1) is 14.3. The van der Waals surface area contributed by atoms with E-state index in [0.29, 0.717) is 17.9 Å². The van der Waals surface area contributed by atoms with Crippen LogP contribution in [-0.2, 0) is 0 Å². The summed E-state index contributed by atoms with van der Waals surface area (Å²) in [7, 11) is 0. The van der Waals surface area contributed by atoms with Gasteiger partial charge in [-0.1, -0.05) is 60.7 Å².